The van der Waals surface area contributed by atoms with Crippen LogP contribution in [-0.4, -0.2) is 46.2 Å². The molecular weight excluding hydrogens is 381 g/mol. The number of nitrogens with zero attached hydrogens (tertiary/aromatic N) is 3. The number of aromatic nitrogens is 2. The van der Waals surface area contributed by atoms with Crippen LogP contribution in [0, 0.1) is 11.7 Å². The molecule has 0 aliphatic carbocycles. The van der Waals surface area contributed by atoms with E-state index in [2.05, 4.69) is 34.4 Å². The third-order valence-corrected chi connectivity index (χ3v) is 5.93. The Hall–Kier alpha value is -2.41. The number of benzene rings is 1. The largest absolute Gasteiger partial charge is 0.337 e. The summed E-state index contributed by atoms with van der Waals surface area (Å²) in [6.45, 7) is 7.17. The Morgan fingerprint density at radius 3 is 2.53 bits per heavy atom. The first kappa shape index (κ1) is 22.3. The number of hydrogen-bond acceptors (Lipinski definition) is 3. The highest BCUT2D eigenvalue weighted by Gasteiger charge is 2.25. The maximum atomic E-state index is 13.8. The van der Waals surface area contributed by atoms with E-state index in [9.17, 15) is 9.18 Å². The Labute approximate surface area is 178 Å². The predicted octanol–water partition coefficient (Wildman–Crippen LogP) is 3.85. The van der Waals surface area contributed by atoms with Crippen LogP contribution in [0.1, 0.15) is 57.0 Å². The summed E-state index contributed by atoms with van der Waals surface area (Å²) in [5, 5.41) is 6.05. The van der Waals surface area contributed by atoms with E-state index in [4.69, 9.17) is 0 Å². The van der Waals surface area contributed by atoms with E-state index in [0.717, 1.165) is 13.1 Å². The molecule has 1 saturated heterocycles. The van der Waals surface area contributed by atoms with Crippen LogP contribution in [0.5, 0.6) is 0 Å². The molecule has 0 radical (unpaired) electrons. The second-order valence-corrected chi connectivity index (χ2v) is 8.50. The number of likely N-dealkylation sites (tertiary alicyclic amines) is 1. The highest BCUT2D eigenvalue weighted by Crippen LogP contribution is 2.21. The van der Waals surface area contributed by atoms with Gasteiger partial charge in [-0.2, -0.15) is 0 Å². The van der Waals surface area contributed by atoms with E-state index in [1.807, 2.05) is 17.8 Å². The number of nitrogens with one attached hydrogen (secondary N) is 2. The molecule has 1 aromatic heterocycles. The number of amides is 2. The zero-order chi connectivity index (χ0) is 21.5. The molecule has 1 aliphatic rings. The lowest BCUT2D eigenvalue weighted by Gasteiger charge is -2.34. The van der Waals surface area contributed by atoms with Gasteiger partial charge in [-0.05, 0) is 49.5 Å². The molecule has 164 valence electrons. The van der Waals surface area contributed by atoms with Gasteiger partial charge in [0.15, 0.2) is 0 Å². The SMILES string of the molecule is CC(C)C(CNC(=O)NC(c1cccc(F)c1)c1nccn1C)N1CCCCCC1. The first-order valence-corrected chi connectivity index (χ1v) is 11.0. The van der Waals surface area contributed by atoms with Crippen molar-refractivity contribution in [2.45, 2.75) is 51.6 Å². The zero-order valence-corrected chi connectivity index (χ0v) is 18.3. The number of carbonyl (C=O) groups is 1. The molecule has 2 atom stereocenters. The van der Waals surface area contributed by atoms with Gasteiger partial charge in [-0.15, -0.1) is 0 Å². The molecule has 1 aromatic carbocycles. The Morgan fingerprint density at radius 2 is 1.93 bits per heavy atom. The summed E-state index contributed by atoms with van der Waals surface area (Å²) < 4.78 is 15.7. The van der Waals surface area contributed by atoms with Crippen molar-refractivity contribution in [1.82, 2.24) is 25.1 Å². The van der Waals surface area contributed by atoms with Crippen molar-refractivity contribution in [3.8, 4) is 0 Å². The van der Waals surface area contributed by atoms with Gasteiger partial charge < -0.3 is 15.2 Å². The summed E-state index contributed by atoms with van der Waals surface area (Å²) in [5.74, 6) is 0.760. The summed E-state index contributed by atoms with van der Waals surface area (Å²) in [4.78, 5) is 19.7. The van der Waals surface area contributed by atoms with Crippen LogP contribution < -0.4 is 10.6 Å². The van der Waals surface area contributed by atoms with Gasteiger partial charge in [0, 0.05) is 32.0 Å². The molecular formula is C23H34FN5O. The van der Waals surface area contributed by atoms with Gasteiger partial charge in [0.05, 0.1) is 0 Å². The minimum Gasteiger partial charge on any atom is -0.337 e. The Bertz CT molecular complexity index is 813. The van der Waals surface area contributed by atoms with Gasteiger partial charge in [0.2, 0.25) is 0 Å². The topological polar surface area (TPSA) is 62.2 Å². The van der Waals surface area contributed by atoms with Crippen LogP contribution in [0.4, 0.5) is 9.18 Å². The molecule has 30 heavy (non-hydrogen) atoms. The van der Waals surface area contributed by atoms with Crippen LogP contribution in [0.25, 0.3) is 0 Å². The number of carbonyl (C=O) groups excluding carboxylic acids is 1. The van der Waals surface area contributed by atoms with E-state index in [-0.39, 0.29) is 11.8 Å². The Kier molecular flexibility index (Phi) is 7.85. The lowest BCUT2D eigenvalue weighted by molar-refractivity contribution is 0.156. The zero-order valence-electron chi connectivity index (χ0n) is 18.3. The number of aryl methyl sites for hydroxylation is 1. The standard InChI is InChI=1S/C23H34FN5O/c1-17(2)20(29-12-6-4-5-7-13-29)16-26-23(30)27-21(22-25-11-14-28(22)3)18-9-8-10-19(24)15-18/h8-11,14-15,17,20-21H,4-7,12-13,16H2,1-3H3,(H2,26,27,30). The molecule has 1 aliphatic heterocycles. The molecule has 2 N–H and O–H groups in total. The summed E-state index contributed by atoms with van der Waals surface area (Å²) in [5.41, 5.74) is 0.660. The average molecular weight is 416 g/mol. The van der Waals surface area contributed by atoms with Crippen LogP contribution in [-0.2, 0) is 7.05 Å². The molecule has 2 heterocycles. The number of hydrogen-bond donors (Lipinski definition) is 2. The molecule has 0 spiro atoms. The van der Waals surface area contributed by atoms with E-state index in [1.54, 1.807) is 18.3 Å². The van der Waals surface area contributed by atoms with Crippen molar-refractivity contribution in [2.24, 2.45) is 13.0 Å². The molecule has 2 unspecified atom stereocenters. The van der Waals surface area contributed by atoms with Crippen molar-refractivity contribution in [2.75, 3.05) is 19.6 Å². The molecule has 2 aromatic rings. The molecule has 0 saturated carbocycles. The summed E-state index contributed by atoms with van der Waals surface area (Å²) in [6.07, 6.45) is 8.50. The molecule has 1 fully saturated rings. The fraction of sp³-hybridized carbons (Fsp3) is 0.565. The lowest BCUT2D eigenvalue weighted by Crippen LogP contribution is -2.49. The summed E-state index contributed by atoms with van der Waals surface area (Å²) in [6, 6.07) is 5.78. The highest BCUT2D eigenvalue weighted by atomic mass is 19.1. The fourth-order valence-electron chi connectivity index (χ4n) is 4.23. The maximum absolute atomic E-state index is 13.8. The van der Waals surface area contributed by atoms with Gasteiger partial charge >= 0.3 is 6.03 Å². The van der Waals surface area contributed by atoms with Crippen molar-refractivity contribution in [1.29, 1.82) is 0 Å². The van der Waals surface area contributed by atoms with E-state index in [1.165, 1.54) is 37.8 Å². The number of imidazole rings is 1. The molecule has 0 bridgehead atoms. The van der Waals surface area contributed by atoms with E-state index in [0.29, 0.717) is 29.9 Å². The van der Waals surface area contributed by atoms with E-state index < -0.39 is 6.04 Å². The van der Waals surface area contributed by atoms with Crippen molar-refractivity contribution in [3.63, 3.8) is 0 Å². The first-order chi connectivity index (χ1) is 14.5. The van der Waals surface area contributed by atoms with Crippen LogP contribution >= 0.6 is 0 Å². The van der Waals surface area contributed by atoms with Crippen LogP contribution in [0.15, 0.2) is 36.7 Å². The van der Waals surface area contributed by atoms with Gasteiger partial charge in [0.1, 0.15) is 17.7 Å². The molecule has 2 amide bonds. The fourth-order valence-corrected chi connectivity index (χ4v) is 4.23. The van der Waals surface area contributed by atoms with Crippen LogP contribution in [0.2, 0.25) is 0 Å². The predicted molar refractivity (Wildman–Crippen MR) is 117 cm³/mol. The second-order valence-electron chi connectivity index (χ2n) is 8.50. The number of rotatable bonds is 7. The van der Waals surface area contributed by atoms with Crippen molar-refractivity contribution in [3.05, 3.63) is 53.9 Å². The quantitative estimate of drug-likeness (QED) is 0.722. The van der Waals surface area contributed by atoms with Gasteiger partial charge in [-0.1, -0.05) is 38.8 Å². The lowest BCUT2D eigenvalue weighted by atomic mass is 10.0. The monoisotopic (exact) mass is 415 g/mol. The summed E-state index contributed by atoms with van der Waals surface area (Å²) in [7, 11) is 1.86. The van der Waals surface area contributed by atoms with Gasteiger partial charge in [0.25, 0.3) is 0 Å². The van der Waals surface area contributed by atoms with Crippen LogP contribution in [0.3, 0.4) is 0 Å². The smallest absolute Gasteiger partial charge is 0.315 e. The Morgan fingerprint density at radius 1 is 1.20 bits per heavy atom. The average Bonchev–Trinajstić information content (AvgIpc) is 2.96. The highest BCUT2D eigenvalue weighted by molar-refractivity contribution is 5.74. The molecule has 6 nitrogen and oxygen atoms in total. The maximum Gasteiger partial charge on any atom is 0.315 e. The third kappa shape index (κ3) is 5.81. The van der Waals surface area contributed by atoms with Crippen molar-refractivity contribution >= 4 is 6.03 Å². The normalized spacial score (nSPS) is 17.4. The minimum atomic E-state index is -0.531. The number of urea groups is 1. The molecule has 3 rings (SSSR count). The molecule has 7 heteroatoms. The van der Waals surface area contributed by atoms with E-state index >= 15 is 0 Å². The first-order valence-electron chi connectivity index (χ1n) is 11.0. The van der Waals surface area contributed by atoms with Crippen molar-refractivity contribution < 1.29 is 9.18 Å². The second kappa shape index (κ2) is 10.6. The third-order valence-electron chi connectivity index (χ3n) is 5.93. The van der Waals surface area contributed by atoms with Gasteiger partial charge in [-0.3, -0.25) is 4.90 Å². The summed E-state index contributed by atoms with van der Waals surface area (Å²) >= 11 is 0. The Balaban J connectivity index is 1.68. The number of halogens is 1. The minimum absolute atomic E-state index is 0.271. The van der Waals surface area contributed by atoms with Gasteiger partial charge in [-0.25, -0.2) is 14.2 Å².